The summed E-state index contributed by atoms with van der Waals surface area (Å²) in [4.78, 5) is 0. The van der Waals surface area contributed by atoms with Crippen LogP contribution in [-0.2, 0) is 13.0 Å². The van der Waals surface area contributed by atoms with Crippen LogP contribution in [0.3, 0.4) is 0 Å². The summed E-state index contributed by atoms with van der Waals surface area (Å²) in [6.45, 7) is 2.41. The third kappa shape index (κ3) is 4.03. The number of aryl methyl sites for hydroxylation is 1. The molecule has 0 bridgehead atoms. The third-order valence-electron chi connectivity index (χ3n) is 3.41. The molecular formula is C17H21BO4. The summed E-state index contributed by atoms with van der Waals surface area (Å²) in [6, 6.07) is 13.4. The van der Waals surface area contributed by atoms with Gasteiger partial charge in [-0.1, -0.05) is 49.7 Å². The Bertz CT molecular complexity index is 599. The largest absolute Gasteiger partial charge is 0.493 e. The van der Waals surface area contributed by atoms with Crippen molar-refractivity contribution in [2.75, 3.05) is 7.11 Å². The van der Waals surface area contributed by atoms with E-state index in [1.807, 2.05) is 36.4 Å². The monoisotopic (exact) mass is 300 g/mol. The molecule has 22 heavy (non-hydrogen) atoms. The van der Waals surface area contributed by atoms with E-state index in [-0.39, 0.29) is 0 Å². The fourth-order valence-corrected chi connectivity index (χ4v) is 2.34. The first kappa shape index (κ1) is 16.4. The Morgan fingerprint density at radius 3 is 2.36 bits per heavy atom. The standard InChI is InChI=1S/C17H21BO4/c1-3-7-14-10-15(18(19)20)17(16(11-14)21-2)22-12-13-8-5-4-6-9-13/h4-6,8-11,19-20H,3,7,12H2,1-2H3. The first-order valence-electron chi connectivity index (χ1n) is 7.39. The number of hydrogen-bond donors (Lipinski definition) is 2. The molecule has 0 unspecified atom stereocenters. The minimum absolute atomic E-state index is 0.332. The van der Waals surface area contributed by atoms with Crippen molar-refractivity contribution < 1.29 is 19.5 Å². The highest BCUT2D eigenvalue weighted by atomic mass is 16.5. The van der Waals surface area contributed by atoms with Gasteiger partial charge in [-0.25, -0.2) is 0 Å². The molecule has 116 valence electrons. The van der Waals surface area contributed by atoms with E-state index in [9.17, 15) is 10.0 Å². The summed E-state index contributed by atoms with van der Waals surface area (Å²) in [5, 5.41) is 19.3. The van der Waals surface area contributed by atoms with Crippen LogP contribution in [0.15, 0.2) is 42.5 Å². The van der Waals surface area contributed by atoms with Crippen LogP contribution in [0.25, 0.3) is 0 Å². The smallest absolute Gasteiger partial charge is 0.492 e. The van der Waals surface area contributed by atoms with Gasteiger partial charge in [0.05, 0.1) is 7.11 Å². The second kappa shape index (κ2) is 7.87. The van der Waals surface area contributed by atoms with Crippen molar-refractivity contribution in [1.29, 1.82) is 0 Å². The average molecular weight is 300 g/mol. The highest BCUT2D eigenvalue weighted by Gasteiger charge is 2.22. The fraction of sp³-hybridized carbons (Fsp3) is 0.294. The molecule has 0 spiro atoms. The minimum Gasteiger partial charge on any atom is -0.493 e. The molecule has 0 amide bonds. The first-order valence-corrected chi connectivity index (χ1v) is 7.39. The molecule has 2 rings (SSSR count). The molecule has 0 saturated carbocycles. The predicted molar refractivity (Wildman–Crippen MR) is 87.6 cm³/mol. The summed E-state index contributed by atoms with van der Waals surface area (Å²) in [5.74, 6) is 0.895. The van der Waals surface area contributed by atoms with E-state index in [1.165, 1.54) is 0 Å². The van der Waals surface area contributed by atoms with Gasteiger partial charge in [-0.2, -0.15) is 0 Å². The van der Waals surface area contributed by atoms with E-state index in [1.54, 1.807) is 13.2 Å². The summed E-state index contributed by atoms with van der Waals surface area (Å²) in [5.41, 5.74) is 2.33. The number of rotatable bonds is 7. The van der Waals surface area contributed by atoms with Gasteiger partial charge in [-0.05, 0) is 23.6 Å². The lowest BCUT2D eigenvalue weighted by Crippen LogP contribution is -2.32. The highest BCUT2D eigenvalue weighted by Crippen LogP contribution is 2.28. The van der Waals surface area contributed by atoms with Gasteiger partial charge in [0.15, 0.2) is 11.5 Å². The van der Waals surface area contributed by atoms with Gasteiger partial charge in [-0.15, -0.1) is 0 Å². The van der Waals surface area contributed by atoms with Gasteiger partial charge >= 0.3 is 7.12 Å². The van der Waals surface area contributed by atoms with E-state index in [4.69, 9.17) is 9.47 Å². The maximum atomic E-state index is 9.63. The molecule has 2 N–H and O–H groups in total. The molecule has 5 heteroatoms. The minimum atomic E-state index is -1.60. The van der Waals surface area contributed by atoms with Crippen molar-refractivity contribution in [2.24, 2.45) is 0 Å². The van der Waals surface area contributed by atoms with Crippen molar-refractivity contribution >= 4 is 12.6 Å². The normalized spacial score (nSPS) is 10.4. The molecule has 2 aromatic rings. The Balaban J connectivity index is 2.31. The predicted octanol–water partition coefficient (Wildman–Crippen LogP) is 1.91. The van der Waals surface area contributed by atoms with Crippen LogP contribution in [0.2, 0.25) is 0 Å². The second-order valence-corrected chi connectivity index (χ2v) is 5.11. The third-order valence-corrected chi connectivity index (χ3v) is 3.41. The van der Waals surface area contributed by atoms with Crippen LogP contribution >= 0.6 is 0 Å². The van der Waals surface area contributed by atoms with Crippen molar-refractivity contribution in [3.63, 3.8) is 0 Å². The number of methoxy groups -OCH3 is 1. The van der Waals surface area contributed by atoms with Crippen molar-refractivity contribution in [1.82, 2.24) is 0 Å². The summed E-state index contributed by atoms with van der Waals surface area (Å²) < 4.78 is 11.2. The maximum Gasteiger partial charge on any atom is 0.492 e. The molecule has 0 aliphatic rings. The molecule has 0 fully saturated rings. The van der Waals surface area contributed by atoms with E-state index in [0.29, 0.717) is 23.6 Å². The van der Waals surface area contributed by atoms with Gasteiger partial charge in [0.2, 0.25) is 0 Å². The molecule has 0 heterocycles. The Morgan fingerprint density at radius 2 is 1.77 bits per heavy atom. The average Bonchev–Trinajstić information content (AvgIpc) is 2.54. The summed E-state index contributed by atoms with van der Waals surface area (Å²) in [6.07, 6.45) is 1.81. The number of benzene rings is 2. The molecular weight excluding hydrogens is 279 g/mol. The highest BCUT2D eigenvalue weighted by molar-refractivity contribution is 6.60. The topological polar surface area (TPSA) is 58.9 Å². The van der Waals surface area contributed by atoms with Gasteiger partial charge < -0.3 is 19.5 Å². The zero-order valence-corrected chi connectivity index (χ0v) is 13.0. The number of hydrogen-bond acceptors (Lipinski definition) is 4. The molecule has 0 aromatic heterocycles. The van der Waals surface area contributed by atoms with Crippen molar-refractivity contribution in [3.05, 3.63) is 53.6 Å². The van der Waals surface area contributed by atoms with Gasteiger partial charge in [0, 0.05) is 5.46 Å². The molecule has 0 atom stereocenters. The van der Waals surface area contributed by atoms with Gasteiger partial charge in [0.25, 0.3) is 0 Å². The first-order chi connectivity index (χ1) is 10.7. The lowest BCUT2D eigenvalue weighted by atomic mass is 9.78. The quantitative estimate of drug-likeness (QED) is 0.767. The van der Waals surface area contributed by atoms with Crippen LogP contribution < -0.4 is 14.9 Å². The zero-order chi connectivity index (χ0) is 15.9. The van der Waals surface area contributed by atoms with Crippen LogP contribution in [0.5, 0.6) is 11.5 Å². The van der Waals surface area contributed by atoms with E-state index < -0.39 is 7.12 Å². The molecule has 0 saturated heterocycles. The molecule has 2 aromatic carbocycles. The fourth-order valence-electron chi connectivity index (χ4n) is 2.34. The van der Waals surface area contributed by atoms with Crippen molar-refractivity contribution in [3.8, 4) is 11.5 Å². The lowest BCUT2D eigenvalue weighted by Gasteiger charge is -2.17. The second-order valence-electron chi connectivity index (χ2n) is 5.11. The zero-order valence-electron chi connectivity index (χ0n) is 13.0. The van der Waals surface area contributed by atoms with Crippen molar-refractivity contribution in [2.45, 2.75) is 26.4 Å². The summed E-state index contributed by atoms with van der Waals surface area (Å²) >= 11 is 0. The van der Waals surface area contributed by atoms with Gasteiger partial charge in [0.1, 0.15) is 6.61 Å². The number of ether oxygens (including phenoxy) is 2. The summed E-state index contributed by atoms with van der Waals surface area (Å²) in [7, 11) is -0.0509. The Morgan fingerprint density at radius 1 is 1.05 bits per heavy atom. The molecule has 0 aliphatic heterocycles. The molecule has 0 radical (unpaired) electrons. The lowest BCUT2D eigenvalue weighted by molar-refractivity contribution is 0.285. The maximum absolute atomic E-state index is 9.63. The molecule has 4 nitrogen and oxygen atoms in total. The SMILES string of the molecule is CCCc1cc(OC)c(OCc2ccccc2)c(B(O)O)c1. The van der Waals surface area contributed by atoms with E-state index in [0.717, 1.165) is 24.0 Å². The van der Waals surface area contributed by atoms with Crippen LogP contribution in [0, 0.1) is 0 Å². The van der Waals surface area contributed by atoms with Crippen LogP contribution in [0.1, 0.15) is 24.5 Å². The van der Waals surface area contributed by atoms with Gasteiger partial charge in [-0.3, -0.25) is 0 Å². The van der Waals surface area contributed by atoms with E-state index >= 15 is 0 Å². The van der Waals surface area contributed by atoms with Crippen LogP contribution in [0.4, 0.5) is 0 Å². The van der Waals surface area contributed by atoms with Crippen LogP contribution in [-0.4, -0.2) is 24.3 Å². The Labute approximate surface area is 131 Å². The molecule has 0 aliphatic carbocycles. The Hall–Kier alpha value is -1.98. The Kier molecular flexibility index (Phi) is 5.87. The van der Waals surface area contributed by atoms with E-state index in [2.05, 4.69) is 6.92 Å².